The molecule has 112 valence electrons. The number of aryl methyl sites for hydroxylation is 1. The maximum atomic E-state index is 9.40. The van der Waals surface area contributed by atoms with Crippen LogP contribution >= 0.6 is 0 Å². The van der Waals surface area contributed by atoms with E-state index in [9.17, 15) is 5.11 Å². The van der Waals surface area contributed by atoms with Gasteiger partial charge in [-0.2, -0.15) is 0 Å². The number of fused-ring (bicyclic) bond motifs is 1. The van der Waals surface area contributed by atoms with E-state index in [0.717, 1.165) is 48.1 Å². The van der Waals surface area contributed by atoms with Crippen LogP contribution < -0.4 is 4.90 Å². The number of aliphatic hydroxyl groups is 1. The summed E-state index contributed by atoms with van der Waals surface area (Å²) in [7, 11) is 0. The second kappa shape index (κ2) is 6.00. The Morgan fingerprint density at radius 3 is 3.05 bits per heavy atom. The van der Waals surface area contributed by atoms with Gasteiger partial charge in [0.05, 0.1) is 18.2 Å². The number of anilines is 1. The molecule has 0 bridgehead atoms. The lowest BCUT2D eigenvalue weighted by Crippen LogP contribution is -2.23. The van der Waals surface area contributed by atoms with Gasteiger partial charge in [-0.05, 0) is 49.6 Å². The van der Waals surface area contributed by atoms with E-state index in [-0.39, 0.29) is 6.61 Å². The van der Waals surface area contributed by atoms with Crippen molar-refractivity contribution in [1.82, 2.24) is 4.98 Å². The molecule has 1 aromatic heterocycles. The molecule has 4 nitrogen and oxygen atoms in total. The predicted molar refractivity (Wildman–Crippen MR) is 84.6 cm³/mol. The van der Waals surface area contributed by atoms with E-state index in [1.807, 2.05) is 26.1 Å². The molecular weight excluding hydrogens is 264 g/mol. The number of aliphatic hydroxyl groups excluding tert-OH is 1. The van der Waals surface area contributed by atoms with Crippen LogP contribution in [0.5, 0.6) is 0 Å². The van der Waals surface area contributed by atoms with Crippen molar-refractivity contribution in [2.75, 3.05) is 24.6 Å². The summed E-state index contributed by atoms with van der Waals surface area (Å²) < 4.78 is 5.74. The van der Waals surface area contributed by atoms with Gasteiger partial charge in [0.1, 0.15) is 0 Å². The molecule has 0 aliphatic carbocycles. The molecule has 1 saturated heterocycles. The second-order valence-corrected chi connectivity index (χ2v) is 5.60. The standard InChI is InChI=1S/C17H22N2O2/c1-3-21-14-5-7-19(10-14)17-4-6-18-16-9-13(11-20)12(2)8-15(16)17/h4,6,8-9,14,20H,3,5,7,10-11H2,1-2H3/t14-/m0/s1. The number of ether oxygens (including phenoxy) is 1. The first-order valence-corrected chi connectivity index (χ1v) is 7.58. The lowest BCUT2D eigenvalue weighted by molar-refractivity contribution is 0.0788. The lowest BCUT2D eigenvalue weighted by atomic mass is 10.0. The van der Waals surface area contributed by atoms with Crippen LogP contribution in [-0.2, 0) is 11.3 Å². The van der Waals surface area contributed by atoms with Crippen molar-refractivity contribution < 1.29 is 9.84 Å². The van der Waals surface area contributed by atoms with Gasteiger partial charge < -0.3 is 14.7 Å². The Bertz CT molecular complexity index is 642. The highest BCUT2D eigenvalue weighted by molar-refractivity contribution is 5.92. The molecule has 4 heteroatoms. The fraction of sp³-hybridized carbons (Fsp3) is 0.471. The molecule has 1 atom stereocenters. The fourth-order valence-electron chi connectivity index (χ4n) is 3.09. The van der Waals surface area contributed by atoms with E-state index in [4.69, 9.17) is 4.74 Å². The molecule has 21 heavy (non-hydrogen) atoms. The van der Waals surface area contributed by atoms with Crippen LogP contribution in [0.1, 0.15) is 24.5 Å². The Balaban J connectivity index is 1.98. The third-order valence-electron chi connectivity index (χ3n) is 4.23. The quantitative estimate of drug-likeness (QED) is 0.938. The van der Waals surface area contributed by atoms with Crippen LogP contribution in [0.3, 0.4) is 0 Å². The maximum Gasteiger partial charge on any atom is 0.0766 e. The van der Waals surface area contributed by atoms with Gasteiger partial charge in [0.25, 0.3) is 0 Å². The molecule has 1 aliphatic rings. The molecule has 1 aliphatic heterocycles. The van der Waals surface area contributed by atoms with Crippen LogP contribution in [0.15, 0.2) is 24.4 Å². The molecule has 0 saturated carbocycles. The van der Waals surface area contributed by atoms with Crippen molar-refractivity contribution in [2.24, 2.45) is 0 Å². The first kappa shape index (κ1) is 14.3. The largest absolute Gasteiger partial charge is 0.392 e. The van der Waals surface area contributed by atoms with Crippen LogP contribution in [-0.4, -0.2) is 35.9 Å². The number of pyridine rings is 1. The minimum atomic E-state index is 0.0593. The van der Waals surface area contributed by atoms with Crippen LogP contribution in [0.25, 0.3) is 10.9 Å². The molecule has 1 N–H and O–H groups in total. The molecule has 1 fully saturated rings. The monoisotopic (exact) mass is 286 g/mol. The third-order valence-corrected chi connectivity index (χ3v) is 4.23. The molecule has 0 unspecified atom stereocenters. The maximum absolute atomic E-state index is 9.40. The topological polar surface area (TPSA) is 45.6 Å². The first-order valence-electron chi connectivity index (χ1n) is 7.58. The van der Waals surface area contributed by atoms with Gasteiger partial charge in [0, 0.05) is 37.0 Å². The Morgan fingerprint density at radius 1 is 1.43 bits per heavy atom. The van der Waals surface area contributed by atoms with Crippen molar-refractivity contribution in [3.63, 3.8) is 0 Å². The summed E-state index contributed by atoms with van der Waals surface area (Å²) in [5.41, 5.74) is 4.22. The zero-order valence-corrected chi connectivity index (χ0v) is 12.7. The SMILES string of the molecule is CCO[C@H]1CCN(c2ccnc3cc(CO)c(C)cc23)C1. The zero-order chi connectivity index (χ0) is 14.8. The van der Waals surface area contributed by atoms with E-state index in [1.54, 1.807) is 0 Å². The van der Waals surface area contributed by atoms with E-state index in [2.05, 4.69) is 22.0 Å². The lowest BCUT2D eigenvalue weighted by Gasteiger charge is -2.21. The summed E-state index contributed by atoms with van der Waals surface area (Å²) in [6, 6.07) is 6.20. The zero-order valence-electron chi connectivity index (χ0n) is 12.7. The second-order valence-electron chi connectivity index (χ2n) is 5.60. The molecule has 3 rings (SSSR count). The Hall–Kier alpha value is -1.65. The van der Waals surface area contributed by atoms with Gasteiger partial charge in [-0.1, -0.05) is 0 Å². The minimum Gasteiger partial charge on any atom is -0.392 e. The summed E-state index contributed by atoms with van der Waals surface area (Å²) in [6.45, 7) is 6.87. The average molecular weight is 286 g/mol. The van der Waals surface area contributed by atoms with Crippen molar-refractivity contribution >= 4 is 16.6 Å². The predicted octanol–water partition coefficient (Wildman–Crippen LogP) is 2.65. The minimum absolute atomic E-state index is 0.0593. The van der Waals surface area contributed by atoms with Crippen molar-refractivity contribution in [1.29, 1.82) is 0 Å². The number of hydrogen-bond donors (Lipinski definition) is 1. The first-order chi connectivity index (χ1) is 10.2. The highest BCUT2D eigenvalue weighted by atomic mass is 16.5. The van der Waals surface area contributed by atoms with Gasteiger partial charge in [-0.3, -0.25) is 4.98 Å². The van der Waals surface area contributed by atoms with Gasteiger partial charge in [0.15, 0.2) is 0 Å². The van der Waals surface area contributed by atoms with E-state index in [1.165, 1.54) is 5.69 Å². The molecule has 0 radical (unpaired) electrons. The van der Waals surface area contributed by atoms with Crippen LogP contribution in [0.2, 0.25) is 0 Å². The summed E-state index contributed by atoms with van der Waals surface area (Å²) in [6.07, 6.45) is 3.25. The number of aromatic nitrogens is 1. The fourth-order valence-corrected chi connectivity index (χ4v) is 3.09. The summed E-state index contributed by atoms with van der Waals surface area (Å²) in [4.78, 5) is 6.83. The highest BCUT2D eigenvalue weighted by Crippen LogP contribution is 2.30. The van der Waals surface area contributed by atoms with Crippen molar-refractivity contribution in [3.05, 3.63) is 35.5 Å². The Morgan fingerprint density at radius 2 is 2.29 bits per heavy atom. The van der Waals surface area contributed by atoms with E-state index >= 15 is 0 Å². The molecule has 0 spiro atoms. The highest BCUT2D eigenvalue weighted by Gasteiger charge is 2.24. The number of nitrogens with zero attached hydrogens (tertiary/aromatic N) is 2. The van der Waals surface area contributed by atoms with E-state index in [0.29, 0.717) is 6.10 Å². The molecular formula is C17H22N2O2. The number of benzene rings is 1. The van der Waals surface area contributed by atoms with Gasteiger partial charge in [0.2, 0.25) is 0 Å². The molecule has 2 aromatic rings. The van der Waals surface area contributed by atoms with Crippen molar-refractivity contribution in [2.45, 2.75) is 33.0 Å². The molecule has 0 amide bonds. The summed E-state index contributed by atoms with van der Waals surface area (Å²) in [5, 5.41) is 10.6. The average Bonchev–Trinajstić information content (AvgIpc) is 2.95. The normalized spacial score (nSPS) is 18.6. The number of hydrogen-bond acceptors (Lipinski definition) is 4. The van der Waals surface area contributed by atoms with Crippen LogP contribution in [0.4, 0.5) is 5.69 Å². The molecule has 2 heterocycles. The number of rotatable bonds is 4. The molecule has 1 aromatic carbocycles. The Kier molecular flexibility index (Phi) is 4.08. The summed E-state index contributed by atoms with van der Waals surface area (Å²) >= 11 is 0. The smallest absolute Gasteiger partial charge is 0.0766 e. The summed E-state index contributed by atoms with van der Waals surface area (Å²) in [5.74, 6) is 0. The van der Waals surface area contributed by atoms with Crippen molar-refractivity contribution in [3.8, 4) is 0 Å². The van der Waals surface area contributed by atoms with E-state index < -0.39 is 0 Å². The Labute approximate surface area is 125 Å². The van der Waals surface area contributed by atoms with Gasteiger partial charge in [-0.25, -0.2) is 0 Å². The third kappa shape index (κ3) is 2.74. The van der Waals surface area contributed by atoms with Gasteiger partial charge in [-0.15, -0.1) is 0 Å². The van der Waals surface area contributed by atoms with Crippen LogP contribution in [0, 0.1) is 6.92 Å². The van der Waals surface area contributed by atoms with Gasteiger partial charge >= 0.3 is 0 Å².